The quantitative estimate of drug-likeness (QED) is 0.844. The van der Waals surface area contributed by atoms with Crippen LogP contribution < -0.4 is 11.1 Å². The average Bonchev–Trinajstić information content (AvgIpc) is 2.39. The molecule has 0 aliphatic carbocycles. The lowest BCUT2D eigenvalue weighted by atomic mass is 9.94. The second-order valence-corrected chi connectivity index (χ2v) is 4.95. The first-order valence-corrected chi connectivity index (χ1v) is 6.61. The number of rotatable bonds is 6. The predicted molar refractivity (Wildman–Crippen MR) is 82.6 cm³/mol. The van der Waals surface area contributed by atoms with Crippen LogP contribution in [-0.2, 0) is 11.2 Å². The van der Waals surface area contributed by atoms with Crippen LogP contribution in [-0.4, -0.2) is 18.0 Å². The lowest BCUT2D eigenvalue weighted by Gasteiger charge is -2.26. The molecular weight excluding hydrogens is 260 g/mol. The van der Waals surface area contributed by atoms with Crippen LogP contribution in [0.15, 0.2) is 24.3 Å². The fourth-order valence-electron chi connectivity index (χ4n) is 1.82. The van der Waals surface area contributed by atoms with E-state index in [2.05, 4.69) is 19.2 Å². The molecule has 0 saturated carbocycles. The van der Waals surface area contributed by atoms with Gasteiger partial charge in [0, 0.05) is 12.1 Å². The van der Waals surface area contributed by atoms with Crippen molar-refractivity contribution in [2.75, 3.05) is 6.54 Å². The Hall–Kier alpha value is -1.06. The number of carbonyl (C=O) groups excluding carboxylic acids is 1. The van der Waals surface area contributed by atoms with Crippen molar-refractivity contribution in [1.29, 1.82) is 0 Å². The molecular formula is C15H25ClN2O. The molecule has 0 bridgehead atoms. The maximum absolute atomic E-state index is 11.9. The fraction of sp³-hybridized carbons (Fsp3) is 0.533. The van der Waals surface area contributed by atoms with Crippen LogP contribution in [0.2, 0.25) is 0 Å². The topological polar surface area (TPSA) is 55.1 Å². The third-order valence-corrected chi connectivity index (χ3v) is 3.66. The summed E-state index contributed by atoms with van der Waals surface area (Å²) in [6.07, 6.45) is 2.17. The first kappa shape index (κ1) is 17.9. The normalized spacial score (nSPS) is 10.7. The van der Waals surface area contributed by atoms with Crippen molar-refractivity contribution in [2.45, 2.75) is 45.6 Å². The van der Waals surface area contributed by atoms with E-state index in [1.165, 1.54) is 0 Å². The number of halogens is 1. The molecule has 108 valence electrons. The molecule has 3 nitrogen and oxygen atoms in total. The van der Waals surface area contributed by atoms with E-state index in [-0.39, 0.29) is 23.9 Å². The van der Waals surface area contributed by atoms with Crippen LogP contribution in [0.4, 0.5) is 0 Å². The minimum Gasteiger partial charge on any atom is -0.354 e. The Morgan fingerprint density at radius 1 is 1.26 bits per heavy atom. The first-order chi connectivity index (χ1) is 8.50. The summed E-state index contributed by atoms with van der Waals surface area (Å²) in [5, 5.41) is 2.94. The SMILES string of the molecule is CCC(N)(CC)CNC(=O)Cc1ccccc1C.Cl. The van der Waals surface area contributed by atoms with Crippen LogP contribution in [0, 0.1) is 6.92 Å². The lowest BCUT2D eigenvalue weighted by molar-refractivity contribution is -0.120. The van der Waals surface area contributed by atoms with Crippen LogP contribution in [0.25, 0.3) is 0 Å². The largest absolute Gasteiger partial charge is 0.354 e. The number of nitrogens with two attached hydrogens (primary N) is 1. The molecule has 1 aromatic rings. The van der Waals surface area contributed by atoms with Crippen LogP contribution in [0.5, 0.6) is 0 Å². The van der Waals surface area contributed by atoms with E-state index >= 15 is 0 Å². The second kappa shape index (κ2) is 8.18. The molecule has 0 fully saturated rings. The first-order valence-electron chi connectivity index (χ1n) is 6.61. The molecule has 0 atom stereocenters. The molecule has 1 amide bonds. The molecule has 0 aromatic heterocycles. The Balaban J connectivity index is 0.00000324. The molecule has 3 N–H and O–H groups in total. The molecule has 0 saturated heterocycles. The Kier molecular flexibility index (Phi) is 7.72. The Morgan fingerprint density at radius 2 is 1.84 bits per heavy atom. The number of amides is 1. The number of nitrogens with one attached hydrogen (secondary N) is 1. The molecule has 4 heteroatoms. The highest BCUT2D eigenvalue weighted by molar-refractivity contribution is 5.85. The van der Waals surface area contributed by atoms with Crippen molar-refractivity contribution in [1.82, 2.24) is 5.32 Å². The standard InChI is InChI=1S/C15H24N2O.ClH/c1-4-15(16,5-2)11-17-14(18)10-13-9-7-6-8-12(13)3;/h6-9H,4-5,10-11,16H2,1-3H3,(H,17,18);1H. The third kappa shape index (κ3) is 5.62. The van der Waals surface area contributed by atoms with E-state index in [1.54, 1.807) is 0 Å². The van der Waals surface area contributed by atoms with Gasteiger partial charge >= 0.3 is 0 Å². The van der Waals surface area contributed by atoms with Gasteiger partial charge in [0.05, 0.1) is 6.42 Å². The van der Waals surface area contributed by atoms with Gasteiger partial charge in [0.1, 0.15) is 0 Å². The van der Waals surface area contributed by atoms with Gasteiger partial charge in [-0.2, -0.15) is 0 Å². The Morgan fingerprint density at radius 3 is 2.37 bits per heavy atom. The zero-order valence-corrected chi connectivity index (χ0v) is 12.8. The number of benzene rings is 1. The molecule has 1 rings (SSSR count). The summed E-state index contributed by atoms with van der Waals surface area (Å²) in [4.78, 5) is 11.9. The van der Waals surface area contributed by atoms with Crippen LogP contribution in [0.1, 0.15) is 37.8 Å². The molecule has 0 heterocycles. The minimum absolute atomic E-state index is 0. The van der Waals surface area contributed by atoms with Crippen molar-refractivity contribution >= 4 is 18.3 Å². The lowest BCUT2D eigenvalue weighted by Crippen LogP contribution is -2.49. The van der Waals surface area contributed by atoms with E-state index < -0.39 is 0 Å². The second-order valence-electron chi connectivity index (χ2n) is 4.95. The molecule has 0 spiro atoms. The Bertz CT molecular complexity index is 403. The smallest absolute Gasteiger partial charge is 0.224 e. The van der Waals surface area contributed by atoms with E-state index in [9.17, 15) is 4.79 Å². The number of hydrogen-bond acceptors (Lipinski definition) is 2. The molecule has 0 radical (unpaired) electrons. The number of carbonyl (C=O) groups is 1. The van der Waals surface area contributed by atoms with Gasteiger partial charge < -0.3 is 11.1 Å². The molecule has 1 aromatic carbocycles. The van der Waals surface area contributed by atoms with E-state index in [0.29, 0.717) is 13.0 Å². The highest BCUT2D eigenvalue weighted by atomic mass is 35.5. The summed E-state index contributed by atoms with van der Waals surface area (Å²) in [5.41, 5.74) is 8.10. The highest BCUT2D eigenvalue weighted by Gasteiger charge is 2.20. The van der Waals surface area contributed by atoms with Gasteiger partial charge in [0.25, 0.3) is 0 Å². The monoisotopic (exact) mass is 284 g/mol. The minimum atomic E-state index is -0.276. The number of aryl methyl sites for hydroxylation is 1. The van der Waals surface area contributed by atoms with Gasteiger partial charge in [-0.05, 0) is 30.9 Å². The van der Waals surface area contributed by atoms with E-state index in [0.717, 1.165) is 24.0 Å². The Labute approximate surface area is 122 Å². The van der Waals surface area contributed by atoms with Crippen molar-refractivity contribution in [3.8, 4) is 0 Å². The summed E-state index contributed by atoms with van der Waals surface area (Å²) in [7, 11) is 0. The van der Waals surface area contributed by atoms with Crippen molar-refractivity contribution in [2.24, 2.45) is 5.73 Å². The highest BCUT2D eigenvalue weighted by Crippen LogP contribution is 2.10. The van der Waals surface area contributed by atoms with Gasteiger partial charge in [-0.1, -0.05) is 38.1 Å². The summed E-state index contributed by atoms with van der Waals surface area (Å²) in [6.45, 7) is 6.67. The maximum Gasteiger partial charge on any atom is 0.224 e. The molecule has 0 aliphatic heterocycles. The van der Waals surface area contributed by atoms with Crippen LogP contribution >= 0.6 is 12.4 Å². The molecule has 0 aliphatic rings. The summed E-state index contributed by atoms with van der Waals surface area (Å²) >= 11 is 0. The summed E-state index contributed by atoms with van der Waals surface area (Å²) in [6, 6.07) is 7.95. The van der Waals surface area contributed by atoms with E-state index in [4.69, 9.17) is 5.73 Å². The van der Waals surface area contributed by atoms with Crippen LogP contribution in [0.3, 0.4) is 0 Å². The van der Waals surface area contributed by atoms with Crippen molar-refractivity contribution < 1.29 is 4.79 Å². The summed E-state index contributed by atoms with van der Waals surface area (Å²) < 4.78 is 0. The van der Waals surface area contributed by atoms with Gasteiger partial charge in [-0.25, -0.2) is 0 Å². The van der Waals surface area contributed by atoms with Gasteiger partial charge in [0.15, 0.2) is 0 Å². The van der Waals surface area contributed by atoms with Crippen molar-refractivity contribution in [3.05, 3.63) is 35.4 Å². The molecule has 0 unspecified atom stereocenters. The average molecular weight is 285 g/mol. The van der Waals surface area contributed by atoms with Crippen molar-refractivity contribution in [3.63, 3.8) is 0 Å². The van der Waals surface area contributed by atoms with E-state index in [1.807, 2.05) is 31.2 Å². The van der Waals surface area contributed by atoms with Gasteiger partial charge in [-0.15, -0.1) is 12.4 Å². The van der Waals surface area contributed by atoms with Gasteiger partial charge in [0.2, 0.25) is 5.91 Å². The van der Waals surface area contributed by atoms with Gasteiger partial charge in [-0.3, -0.25) is 4.79 Å². The maximum atomic E-state index is 11.9. The fourth-order valence-corrected chi connectivity index (χ4v) is 1.82. The zero-order chi connectivity index (χ0) is 13.6. The third-order valence-electron chi connectivity index (χ3n) is 3.66. The predicted octanol–water partition coefficient (Wildman–Crippen LogP) is 2.59. The zero-order valence-electron chi connectivity index (χ0n) is 12.0. The number of hydrogen-bond donors (Lipinski definition) is 2. The molecule has 19 heavy (non-hydrogen) atoms. The summed E-state index contributed by atoms with van der Waals surface area (Å²) in [5.74, 6) is 0.0426.